The fourth-order valence-corrected chi connectivity index (χ4v) is 2.54. The summed E-state index contributed by atoms with van der Waals surface area (Å²) in [4.78, 5) is 11.9. The third-order valence-corrected chi connectivity index (χ3v) is 4.06. The lowest BCUT2D eigenvalue weighted by molar-refractivity contribution is -0.115. The number of ether oxygens (including phenoxy) is 3. The van der Waals surface area contributed by atoms with E-state index in [1.165, 1.54) is 0 Å². The van der Waals surface area contributed by atoms with Crippen molar-refractivity contribution in [2.75, 3.05) is 51.9 Å². The summed E-state index contributed by atoms with van der Waals surface area (Å²) in [6.45, 7) is 5.84. The maximum absolute atomic E-state index is 11.9. The highest BCUT2D eigenvalue weighted by atomic mass is 35.5. The van der Waals surface area contributed by atoms with Crippen molar-refractivity contribution in [2.45, 2.75) is 19.8 Å². The Hall–Kier alpha value is -1.34. The first-order valence-corrected chi connectivity index (χ1v) is 8.49. The van der Waals surface area contributed by atoms with Crippen LogP contribution in [0.4, 0.5) is 5.69 Å². The predicted molar refractivity (Wildman–Crippen MR) is 101 cm³/mol. The van der Waals surface area contributed by atoms with Gasteiger partial charge in [0.2, 0.25) is 5.91 Å². The quantitative estimate of drug-likeness (QED) is 0.651. The molecule has 1 amide bonds. The molecular formula is C18H29ClN2O4. The number of carbonyl (C=O) groups is 1. The van der Waals surface area contributed by atoms with Crippen LogP contribution in [0, 0.1) is 12.8 Å². The molecule has 0 bridgehead atoms. The van der Waals surface area contributed by atoms with Gasteiger partial charge in [0.15, 0.2) is 0 Å². The highest BCUT2D eigenvalue weighted by Crippen LogP contribution is 2.24. The molecule has 0 saturated carbocycles. The standard InChI is InChI=1S/C18H28N2O4.ClH/c1-14-3-4-16(20-18(21)12-19-7-10-22-2)11-17(14)24-13-15-5-8-23-9-6-15;/h3-4,11,15,19H,5-10,12-13H2,1-2H3,(H,20,21);1H. The Morgan fingerprint density at radius 3 is 2.80 bits per heavy atom. The molecule has 0 radical (unpaired) electrons. The van der Waals surface area contributed by atoms with Crippen molar-refractivity contribution in [1.29, 1.82) is 0 Å². The molecule has 1 aliphatic rings. The largest absolute Gasteiger partial charge is 0.493 e. The van der Waals surface area contributed by atoms with E-state index in [4.69, 9.17) is 14.2 Å². The van der Waals surface area contributed by atoms with Crippen LogP contribution in [-0.4, -0.2) is 52.5 Å². The second kappa shape index (κ2) is 12.1. The number of anilines is 1. The molecule has 1 saturated heterocycles. The Morgan fingerprint density at radius 1 is 1.32 bits per heavy atom. The third kappa shape index (κ3) is 8.05. The second-order valence-corrected chi connectivity index (χ2v) is 6.06. The molecule has 0 atom stereocenters. The van der Waals surface area contributed by atoms with Crippen LogP contribution >= 0.6 is 12.4 Å². The smallest absolute Gasteiger partial charge is 0.238 e. The number of methoxy groups -OCH3 is 1. The molecule has 1 aromatic carbocycles. The number of amides is 1. The molecule has 1 aromatic rings. The number of aryl methyl sites for hydroxylation is 1. The molecular weight excluding hydrogens is 344 g/mol. The van der Waals surface area contributed by atoms with Crippen LogP contribution in [0.1, 0.15) is 18.4 Å². The Balaban J connectivity index is 0.00000312. The molecule has 1 fully saturated rings. The molecule has 1 heterocycles. The van der Waals surface area contributed by atoms with E-state index < -0.39 is 0 Å². The fourth-order valence-electron chi connectivity index (χ4n) is 2.54. The molecule has 0 aliphatic carbocycles. The van der Waals surface area contributed by atoms with E-state index in [1.54, 1.807) is 7.11 Å². The van der Waals surface area contributed by atoms with Crippen LogP contribution in [-0.2, 0) is 14.3 Å². The van der Waals surface area contributed by atoms with Crippen LogP contribution in [0.3, 0.4) is 0 Å². The van der Waals surface area contributed by atoms with Gasteiger partial charge in [-0.2, -0.15) is 0 Å². The number of benzene rings is 1. The first kappa shape index (κ1) is 21.7. The topological polar surface area (TPSA) is 68.8 Å². The van der Waals surface area contributed by atoms with Crippen molar-refractivity contribution in [3.05, 3.63) is 23.8 Å². The summed E-state index contributed by atoms with van der Waals surface area (Å²) in [7, 11) is 1.63. The van der Waals surface area contributed by atoms with Crippen molar-refractivity contribution < 1.29 is 19.0 Å². The molecule has 1 aliphatic heterocycles. The minimum Gasteiger partial charge on any atom is -0.493 e. The number of hydrogen-bond donors (Lipinski definition) is 2. The number of carbonyl (C=O) groups excluding carboxylic acids is 1. The van der Waals surface area contributed by atoms with Gasteiger partial charge in [0.1, 0.15) is 5.75 Å². The van der Waals surface area contributed by atoms with E-state index in [-0.39, 0.29) is 24.9 Å². The van der Waals surface area contributed by atoms with Gasteiger partial charge in [-0.1, -0.05) is 6.07 Å². The van der Waals surface area contributed by atoms with E-state index >= 15 is 0 Å². The Labute approximate surface area is 156 Å². The molecule has 2 N–H and O–H groups in total. The van der Waals surface area contributed by atoms with Gasteiger partial charge in [0.25, 0.3) is 0 Å². The van der Waals surface area contributed by atoms with Gasteiger partial charge in [-0.15, -0.1) is 12.4 Å². The van der Waals surface area contributed by atoms with Gasteiger partial charge in [-0.25, -0.2) is 0 Å². The second-order valence-electron chi connectivity index (χ2n) is 6.06. The van der Waals surface area contributed by atoms with Crippen molar-refractivity contribution in [1.82, 2.24) is 5.32 Å². The van der Waals surface area contributed by atoms with Crippen molar-refractivity contribution in [3.63, 3.8) is 0 Å². The first-order valence-electron chi connectivity index (χ1n) is 8.49. The molecule has 0 unspecified atom stereocenters. The van der Waals surface area contributed by atoms with Gasteiger partial charge in [0.05, 0.1) is 19.8 Å². The number of halogens is 1. The first-order chi connectivity index (χ1) is 11.7. The molecule has 25 heavy (non-hydrogen) atoms. The van der Waals surface area contributed by atoms with E-state index in [0.29, 0.717) is 25.7 Å². The van der Waals surface area contributed by atoms with Crippen LogP contribution in [0.2, 0.25) is 0 Å². The number of hydrogen-bond acceptors (Lipinski definition) is 5. The molecule has 142 valence electrons. The average Bonchev–Trinajstić information content (AvgIpc) is 2.60. The van der Waals surface area contributed by atoms with Gasteiger partial charge >= 0.3 is 0 Å². The minimum atomic E-state index is -0.0784. The highest BCUT2D eigenvalue weighted by Gasteiger charge is 2.15. The lowest BCUT2D eigenvalue weighted by Crippen LogP contribution is -2.30. The number of nitrogens with one attached hydrogen (secondary N) is 2. The fraction of sp³-hybridized carbons (Fsp3) is 0.611. The Kier molecular flexibility index (Phi) is 10.5. The summed E-state index contributed by atoms with van der Waals surface area (Å²) in [5, 5.41) is 5.90. The summed E-state index contributed by atoms with van der Waals surface area (Å²) in [5.41, 5.74) is 1.82. The van der Waals surface area contributed by atoms with E-state index in [1.807, 2.05) is 25.1 Å². The van der Waals surface area contributed by atoms with E-state index in [9.17, 15) is 4.79 Å². The number of rotatable bonds is 9. The van der Waals surface area contributed by atoms with E-state index in [0.717, 1.165) is 43.1 Å². The highest BCUT2D eigenvalue weighted by molar-refractivity contribution is 5.92. The summed E-state index contributed by atoms with van der Waals surface area (Å²) >= 11 is 0. The normalized spacial score (nSPS) is 14.6. The maximum atomic E-state index is 11.9. The Morgan fingerprint density at radius 2 is 2.08 bits per heavy atom. The summed E-state index contributed by atoms with van der Waals surface area (Å²) in [6, 6.07) is 5.75. The molecule has 6 nitrogen and oxygen atoms in total. The van der Waals surface area contributed by atoms with Crippen molar-refractivity contribution in [3.8, 4) is 5.75 Å². The minimum absolute atomic E-state index is 0. The predicted octanol–water partition coefficient (Wildman–Crippen LogP) is 2.40. The zero-order valence-corrected chi connectivity index (χ0v) is 15.8. The summed E-state index contributed by atoms with van der Waals surface area (Å²) in [6.07, 6.45) is 2.09. The Bertz CT molecular complexity index is 522. The van der Waals surface area contributed by atoms with Crippen molar-refractivity contribution >= 4 is 24.0 Å². The third-order valence-electron chi connectivity index (χ3n) is 4.06. The van der Waals surface area contributed by atoms with Crippen molar-refractivity contribution in [2.24, 2.45) is 5.92 Å². The van der Waals surface area contributed by atoms with Gasteiger partial charge in [-0.05, 0) is 37.3 Å². The molecule has 0 spiro atoms. The summed E-state index contributed by atoms with van der Waals surface area (Å²) in [5.74, 6) is 1.29. The average molecular weight is 373 g/mol. The molecule has 2 rings (SSSR count). The van der Waals surface area contributed by atoms with E-state index in [2.05, 4.69) is 10.6 Å². The molecule has 0 aromatic heterocycles. The van der Waals surface area contributed by atoms with Crippen LogP contribution < -0.4 is 15.4 Å². The van der Waals surface area contributed by atoms with Crippen LogP contribution in [0.5, 0.6) is 5.75 Å². The van der Waals surface area contributed by atoms with Gasteiger partial charge < -0.3 is 24.8 Å². The SMILES string of the molecule is COCCNCC(=O)Nc1ccc(C)c(OCC2CCOCC2)c1.Cl. The van der Waals surface area contributed by atoms with Gasteiger partial charge in [0, 0.05) is 38.6 Å². The lowest BCUT2D eigenvalue weighted by atomic mass is 10.0. The molecule has 7 heteroatoms. The van der Waals surface area contributed by atoms with Crippen LogP contribution in [0.15, 0.2) is 18.2 Å². The van der Waals surface area contributed by atoms with Gasteiger partial charge in [-0.3, -0.25) is 4.79 Å². The maximum Gasteiger partial charge on any atom is 0.238 e. The lowest BCUT2D eigenvalue weighted by Gasteiger charge is -2.22. The zero-order valence-electron chi connectivity index (χ0n) is 15.0. The summed E-state index contributed by atoms with van der Waals surface area (Å²) < 4.78 is 16.3. The zero-order chi connectivity index (χ0) is 17.2. The monoisotopic (exact) mass is 372 g/mol. The van der Waals surface area contributed by atoms with Crippen LogP contribution in [0.25, 0.3) is 0 Å².